The zero-order valence-corrected chi connectivity index (χ0v) is 12.7. The predicted molar refractivity (Wildman–Crippen MR) is 81.3 cm³/mol. The minimum atomic E-state index is -0.921. The van der Waals surface area contributed by atoms with Gasteiger partial charge in [-0.1, -0.05) is 38.9 Å². The molecule has 0 unspecified atom stereocenters. The molecule has 112 valence electrons. The Kier molecular flexibility index (Phi) is 4.26. The fraction of sp³-hybridized carbons (Fsp3) is 0.400. The molecule has 0 radical (unpaired) electrons. The van der Waals surface area contributed by atoms with E-state index in [0.717, 1.165) is 16.8 Å². The molecule has 0 aromatic carbocycles. The number of aromatic nitrogens is 2. The Hall–Kier alpha value is -2.37. The lowest BCUT2D eigenvalue weighted by Crippen LogP contribution is -2.16. The average Bonchev–Trinajstić information content (AvgIpc) is 2.78. The smallest absolute Gasteiger partial charge is 0.333 e. The number of hydrogen-bond acceptors (Lipinski definition) is 4. The van der Waals surface area contributed by atoms with Crippen molar-refractivity contribution in [3.8, 4) is 0 Å². The van der Waals surface area contributed by atoms with Crippen LogP contribution in [0.25, 0.3) is 5.52 Å². The van der Waals surface area contributed by atoms with Crippen molar-refractivity contribution < 1.29 is 9.63 Å². The van der Waals surface area contributed by atoms with Crippen LogP contribution in [0.4, 0.5) is 4.79 Å². The number of rotatable bonds is 4. The Bertz CT molecular complexity index is 686. The first-order chi connectivity index (χ1) is 9.91. The highest BCUT2D eigenvalue weighted by Crippen LogP contribution is 2.26. The summed E-state index contributed by atoms with van der Waals surface area (Å²) in [4.78, 5) is 15.5. The molecule has 2 N–H and O–H groups in total. The summed E-state index contributed by atoms with van der Waals surface area (Å²) in [5, 5.41) is 8.55. The van der Waals surface area contributed by atoms with E-state index >= 15 is 0 Å². The molecule has 6 nitrogen and oxygen atoms in total. The first-order valence-corrected chi connectivity index (χ1v) is 6.93. The molecule has 2 rings (SSSR count). The second kappa shape index (κ2) is 5.95. The van der Waals surface area contributed by atoms with Gasteiger partial charge >= 0.3 is 6.09 Å². The quantitative estimate of drug-likeness (QED) is 0.533. The fourth-order valence-corrected chi connectivity index (χ4v) is 2.22. The van der Waals surface area contributed by atoms with Gasteiger partial charge < -0.3 is 5.73 Å². The van der Waals surface area contributed by atoms with E-state index in [1.807, 2.05) is 42.8 Å². The lowest BCUT2D eigenvalue weighted by atomic mass is 9.94. The van der Waals surface area contributed by atoms with Crippen molar-refractivity contribution in [1.29, 1.82) is 0 Å². The molecule has 0 aliphatic rings. The van der Waals surface area contributed by atoms with Crippen molar-refractivity contribution in [2.45, 2.75) is 33.6 Å². The van der Waals surface area contributed by atoms with E-state index in [1.54, 1.807) is 0 Å². The van der Waals surface area contributed by atoms with Gasteiger partial charge in [-0.25, -0.2) is 9.31 Å². The van der Waals surface area contributed by atoms with Gasteiger partial charge in [-0.15, -0.1) is 0 Å². The molecule has 2 aromatic rings. The highest BCUT2D eigenvalue weighted by atomic mass is 16.7. The second-order valence-electron chi connectivity index (χ2n) is 5.49. The van der Waals surface area contributed by atoms with Gasteiger partial charge in [-0.2, -0.15) is 5.10 Å². The highest BCUT2D eigenvalue weighted by molar-refractivity contribution is 6.08. The molecule has 2 aromatic heterocycles. The Morgan fingerprint density at radius 3 is 2.62 bits per heavy atom. The third-order valence-electron chi connectivity index (χ3n) is 3.15. The third kappa shape index (κ3) is 3.04. The summed E-state index contributed by atoms with van der Waals surface area (Å²) in [6.07, 6.45) is 0.966. The summed E-state index contributed by atoms with van der Waals surface area (Å²) in [5.41, 5.74) is 8.44. The van der Waals surface area contributed by atoms with E-state index in [0.29, 0.717) is 5.71 Å². The van der Waals surface area contributed by atoms with Gasteiger partial charge in [0.05, 0.1) is 16.9 Å². The second-order valence-corrected chi connectivity index (χ2v) is 5.49. The summed E-state index contributed by atoms with van der Waals surface area (Å²) < 4.78 is 1.81. The predicted octanol–water partition coefficient (Wildman–Crippen LogP) is 2.91. The highest BCUT2D eigenvalue weighted by Gasteiger charge is 2.22. The minimum absolute atomic E-state index is 0.0649. The molecule has 0 bridgehead atoms. The van der Waals surface area contributed by atoms with Crippen LogP contribution in [0.1, 0.15) is 44.9 Å². The van der Waals surface area contributed by atoms with Gasteiger partial charge in [0.1, 0.15) is 0 Å². The summed E-state index contributed by atoms with van der Waals surface area (Å²) in [5.74, 6) is 0.285. The van der Waals surface area contributed by atoms with Gasteiger partial charge in [-0.05, 0) is 24.0 Å². The van der Waals surface area contributed by atoms with E-state index in [-0.39, 0.29) is 11.8 Å². The molecule has 6 heteroatoms. The van der Waals surface area contributed by atoms with Crippen LogP contribution in [0.2, 0.25) is 0 Å². The Morgan fingerprint density at radius 1 is 1.33 bits per heavy atom. The SMILES string of the molecule is CC(C)/C(=N/OC(N)=O)c1c(C(C)C)nn2ccccc12. The van der Waals surface area contributed by atoms with Gasteiger partial charge in [0.25, 0.3) is 0 Å². The largest absolute Gasteiger partial charge is 0.430 e. The minimum Gasteiger partial charge on any atom is -0.333 e. The van der Waals surface area contributed by atoms with E-state index in [9.17, 15) is 4.79 Å². The molecule has 1 amide bonds. The topological polar surface area (TPSA) is 82.0 Å². The van der Waals surface area contributed by atoms with Crippen LogP contribution in [-0.2, 0) is 4.84 Å². The first kappa shape index (κ1) is 15.0. The van der Waals surface area contributed by atoms with Crippen LogP contribution in [0.3, 0.4) is 0 Å². The molecule has 0 atom stereocenters. The standard InChI is InChI=1S/C15H20N4O2/c1-9(2)13-12(11-7-5-6-8-19(11)17-13)14(10(3)4)18-21-15(16)20/h5-10H,1-4H3,(H2,16,20)/b18-14-. The fourth-order valence-electron chi connectivity index (χ4n) is 2.22. The van der Waals surface area contributed by atoms with Crippen LogP contribution < -0.4 is 5.73 Å². The third-order valence-corrected chi connectivity index (χ3v) is 3.15. The number of carbonyl (C=O) groups is 1. The van der Waals surface area contributed by atoms with E-state index in [2.05, 4.69) is 28.9 Å². The van der Waals surface area contributed by atoms with Crippen molar-refractivity contribution in [3.63, 3.8) is 0 Å². The van der Waals surface area contributed by atoms with Gasteiger partial charge in [-0.3, -0.25) is 4.84 Å². The van der Waals surface area contributed by atoms with Gasteiger partial charge in [0.2, 0.25) is 0 Å². The summed E-state index contributed by atoms with van der Waals surface area (Å²) in [6, 6.07) is 5.83. The van der Waals surface area contributed by atoms with Gasteiger partial charge in [0.15, 0.2) is 0 Å². The van der Waals surface area contributed by atoms with Crippen molar-refractivity contribution in [1.82, 2.24) is 9.61 Å². The number of primary amides is 1. The zero-order valence-electron chi connectivity index (χ0n) is 12.7. The molecular weight excluding hydrogens is 268 g/mol. The Balaban J connectivity index is 2.68. The number of hydrogen-bond donors (Lipinski definition) is 1. The number of amides is 1. The van der Waals surface area contributed by atoms with E-state index in [4.69, 9.17) is 5.73 Å². The molecular formula is C15H20N4O2. The maximum atomic E-state index is 10.9. The van der Waals surface area contributed by atoms with Crippen molar-refractivity contribution >= 4 is 17.3 Å². The van der Waals surface area contributed by atoms with Crippen LogP contribution in [0, 0.1) is 5.92 Å². The van der Waals surface area contributed by atoms with Crippen molar-refractivity contribution in [2.75, 3.05) is 0 Å². The Morgan fingerprint density at radius 2 is 2.05 bits per heavy atom. The maximum Gasteiger partial charge on any atom is 0.430 e. The summed E-state index contributed by atoms with van der Waals surface area (Å²) >= 11 is 0. The van der Waals surface area contributed by atoms with E-state index < -0.39 is 6.09 Å². The number of oxime groups is 1. The monoisotopic (exact) mass is 288 g/mol. The van der Waals surface area contributed by atoms with Crippen molar-refractivity contribution in [2.24, 2.45) is 16.8 Å². The molecule has 0 saturated heterocycles. The van der Waals surface area contributed by atoms with Crippen LogP contribution >= 0.6 is 0 Å². The molecule has 0 spiro atoms. The lowest BCUT2D eigenvalue weighted by Gasteiger charge is -2.11. The molecule has 0 aliphatic carbocycles. The number of nitrogens with two attached hydrogens (primary N) is 1. The number of carbonyl (C=O) groups excluding carboxylic acids is 1. The van der Waals surface area contributed by atoms with Crippen molar-refractivity contribution in [3.05, 3.63) is 35.7 Å². The van der Waals surface area contributed by atoms with Crippen LogP contribution in [-0.4, -0.2) is 21.4 Å². The zero-order chi connectivity index (χ0) is 15.6. The van der Waals surface area contributed by atoms with E-state index in [1.165, 1.54) is 0 Å². The van der Waals surface area contributed by atoms with Gasteiger partial charge in [0, 0.05) is 11.8 Å². The molecule has 2 heterocycles. The first-order valence-electron chi connectivity index (χ1n) is 6.93. The molecule has 0 aliphatic heterocycles. The molecule has 21 heavy (non-hydrogen) atoms. The normalized spacial score (nSPS) is 12.4. The number of nitrogens with zero attached hydrogens (tertiary/aromatic N) is 3. The molecule has 0 saturated carbocycles. The summed E-state index contributed by atoms with van der Waals surface area (Å²) in [7, 11) is 0. The maximum absolute atomic E-state index is 10.9. The average molecular weight is 288 g/mol. The number of fused-ring (bicyclic) bond motifs is 1. The lowest BCUT2D eigenvalue weighted by molar-refractivity contribution is 0.161. The number of pyridine rings is 1. The van der Waals surface area contributed by atoms with Crippen LogP contribution in [0.15, 0.2) is 29.6 Å². The van der Waals surface area contributed by atoms with Crippen LogP contribution in [0.5, 0.6) is 0 Å². The Labute approximate surface area is 123 Å². The molecule has 0 fully saturated rings. The summed E-state index contributed by atoms with van der Waals surface area (Å²) in [6.45, 7) is 8.11.